The molecule has 2 aromatic carbocycles. The second-order valence-electron chi connectivity index (χ2n) is 4.90. The fourth-order valence-electron chi connectivity index (χ4n) is 1.80. The van der Waals surface area contributed by atoms with Crippen molar-refractivity contribution in [3.63, 3.8) is 0 Å². The SMILES string of the molecule is O=C(CCC(=O)Nc1cccc(Br)c1)N/N=C\c1ccc(F)cc1. The van der Waals surface area contributed by atoms with Gasteiger partial charge in [-0.25, -0.2) is 9.82 Å². The van der Waals surface area contributed by atoms with Gasteiger partial charge in [0.15, 0.2) is 0 Å². The minimum absolute atomic E-state index is 0.0145. The molecule has 7 heteroatoms. The third-order valence-electron chi connectivity index (χ3n) is 2.96. The number of amides is 2. The number of anilines is 1. The molecule has 0 aromatic heterocycles. The van der Waals surface area contributed by atoms with Crippen molar-refractivity contribution in [2.24, 2.45) is 5.10 Å². The molecule has 0 aliphatic heterocycles. The van der Waals surface area contributed by atoms with Crippen LogP contribution in [0.1, 0.15) is 18.4 Å². The fraction of sp³-hybridized carbons (Fsp3) is 0.118. The summed E-state index contributed by atoms with van der Waals surface area (Å²) in [5, 5.41) is 6.46. The van der Waals surface area contributed by atoms with Gasteiger partial charge in [-0.1, -0.05) is 34.1 Å². The van der Waals surface area contributed by atoms with Crippen LogP contribution in [-0.2, 0) is 9.59 Å². The van der Waals surface area contributed by atoms with Gasteiger partial charge in [0.1, 0.15) is 5.82 Å². The number of rotatable bonds is 6. The first-order valence-electron chi connectivity index (χ1n) is 7.16. The minimum atomic E-state index is -0.377. The lowest BCUT2D eigenvalue weighted by molar-refractivity contribution is -0.124. The largest absolute Gasteiger partial charge is 0.326 e. The van der Waals surface area contributed by atoms with E-state index in [1.165, 1.54) is 30.5 Å². The number of hydrogen-bond donors (Lipinski definition) is 2. The monoisotopic (exact) mass is 391 g/mol. The first-order chi connectivity index (χ1) is 11.5. The molecule has 0 unspecified atom stereocenters. The normalized spacial score (nSPS) is 10.6. The van der Waals surface area contributed by atoms with Gasteiger partial charge in [-0.2, -0.15) is 5.10 Å². The smallest absolute Gasteiger partial charge is 0.240 e. The molecule has 2 N–H and O–H groups in total. The van der Waals surface area contributed by atoms with Crippen molar-refractivity contribution >= 4 is 39.6 Å². The Hall–Kier alpha value is -2.54. The van der Waals surface area contributed by atoms with Crippen LogP contribution in [0.3, 0.4) is 0 Å². The van der Waals surface area contributed by atoms with E-state index in [2.05, 4.69) is 31.8 Å². The summed E-state index contributed by atoms with van der Waals surface area (Å²) in [5.41, 5.74) is 3.64. The Balaban J connectivity index is 1.72. The Bertz CT molecular complexity index is 748. The lowest BCUT2D eigenvalue weighted by Gasteiger charge is -2.05. The van der Waals surface area contributed by atoms with Crippen molar-refractivity contribution in [2.45, 2.75) is 12.8 Å². The van der Waals surface area contributed by atoms with Crippen LogP contribution in [0.2, 0.25) is 0 Å². The maximum Gasteiger partial charge on any atom is 0.240 e. The van der Waals surface area contributed by atoms with E-state index in [4.69, 9.17) is 0 Å². The van der Waals surface area contributed by atoms with Crippen molar-refractivity contribution in [1.82, 2.24) is 5.43 Å². The summed E-state index contributed by atoms with van der Waals surface area (Å²) in [6, 6.07) is 12.9. The first kappa shape index (κ1) is 17.8. The van der Waals surface area contributed by atoms with Crippen LogP contribution in [0.5, 0.6) is 0 Å². The van der Waals surface area contributed by atoms with Gasteiger partial charge < -0.3 is 5.32 Å². The number of benzene rings is 2. The van der Waals surface area contributed by atoms with E-state index in [1.54, 1.807) is 18.2 Å². The highest BCUT2D eigenvalue weighted by Gasteiger charge is 2.06. The fourth-order valence-corrected chi connectivity index (χ4v) is 2.20. The van der Waals surface area contributed by atoms with E-state index < -0.39 is 0 Å². The quantitative estimate of drug-likeness (QED) is 0.584. The van der Waals surface area contributed by atoms with E-state index in [0.717, 1.165) is 4.47 Å². The van der Waals surface area contributed by atoms with Gasteiger partial charge in [-0.3, -0.25) is 9.59 Å². The second-order valence-corrected chi connectivity index (χ2v) is 5.82. The van der Waals surface area contributed by atoms with Crippen molar-refractivity contribution in [2.75, 3.05) is 5.32 Å². The average Bonchev–Trinajstić information content (AvgIpc) is 2.55. The summed E-state index contributed by atoms with van der Waals surface area (Å²) in [5.74, 6) is -0.976. The number of hydrazone groups is 1. The molecule has 0 aliphatic carbocycles. The number of carbonyl (C=O) groups excluding carboxylic acids is 2. The second kappa shape index (κ2) is 8.93. The van der Waals surface area contributed by atoms with Gasteiger partial charge in [0.25, 0.3) is 0 Å². The molecule has 0 saturated heterocycles. The van der Waals surface area contributed by atoms with Crippen molar-refractivity contribution < 1.29 is 14.0 Å². The molecular weight excluding hydrogens is 377 g/mol. The van der Waals surface area contributed by atoms with Crippen molar-refractivity contribution in [1.29, 1.82) is 0 Å². The van der Waals surface area contributed by atoms with Gasteiger partial charge in [0.05, 0.1) is 6.21 Å². The van der Waals surface area contributed by atoms with Crippen LogP contribution in [-0.4, -0.2) is 18.0 Å². The summed E-state index contributed by atoms with van der Waals surface area (Å²) < 4.78 is 13.6. The molecule has 2 aromatic rings. The van der Waals surface area contributed by atoms with Crippen LogP contribution in [0.25, 0.3) is 0 Å². The zero-order chi connectivity index (χ0) is 17.4. The van der Waals surface area contributed by atoms with Gasteiger partial charge in [0.2, 0.25) is 11.8 Å². The number of nitrogens with one attached hydrogen (secondary N) is 2. The molecule has 2 rings (SSSR count). The molecule has 0 aliphatic rings. The van der Waals surface area contributed by atoms with Crippen LogP contribution in [0.4, 0.5) is 10.1 Å². The number of nitrogens with zero attached hydrogens (tertiary/aromatic N) is 1. The maximum atomic E-state index is 12.7. The van der Waals surface area contributed by atoms with Gasteiger partial charge >= 0.3 is 0 Å². The number of halogens is 2. The zero-order valence-corrected chi connectivity index (χ0v) is 14.2. The summed E-state index contributed by atoms with van der Waals surface area (Å²) in [7, 11) is 0. The average molecular weight is 392 g/mol. The molecule has 0 bridgehead atoms. The van der Waals surface area contributed by atoms with E-state index in [1.807, 2.05) is 6.07 Å². The Morgan fingerprint density at radius 2 is 1.79 bits per heavy atom. The standard InChI is InChI=1S/C17H15BrFN3O2/c18-13-2-1-3-15(10-13)21-16(23)8-9-17(24)22-20-11-12-4-6-14(19)7-5-12/h1-7,10-11H,8-9H2,(H,21,23)(H,22,24)/b20-11-. The molecule has 0 heterocycles. The highest BCUT2D eigenvalue weighted by molar-refractivity contribution is 9.10. The lowest BCUT2D eigenvalue weighted by atomic mass is 10.2. The van der Waals surface area contributed by atoms with Gasteiger partial charge in [-0.05, 0) is 35.9 Å². The molecular formula is C17H15BrFN3O2. The Morgan fingerprint density at radius 3 is 2.50 bits per heavy atom. The number of carbonyl (C=O) groups is 2. The lowest BCUT2D eigenvalue weighted by Crippen LogP contribution is -2.20. The minimum Gasteiger partial charge on any atom is -0.326 e. The van der Waals surface area contributed by atoms with E-state index in [-0.39, 0.29) is 30.5 Å². The molecule has 0 fully saturated rings. The summed E-state index contributed by atoms with van der Waals surface area (Å²) in [6.07, 6.45) is 1.46. The molecule has 2 amide bonds. The maximum absolute atomic E-state index is 12.7. The predicted octanol–water partition coefficient (Wildman–Crippen LogP) is 3.46. The molecule has 24 heavy (non-hydrogen) atoms. The van der Waals surface area contributed by atoms with Crippen molar-refractivity contribution in [3.8, 4) is 0 Å². The Labute approximate surface area is 147 Å². The Morgan fingerprint density at radius 1 is 1.08 bits per heavy atom. The molecule has 0 saturated carbocycles. The molecule has 124 valence electrons. The van der Waals surface area contributed by atoms with Crippen molar-refractivity contribution in [3.05, 3.63) is 64.4 Å². The highest BCUT2D eigenvalue weighted by atomic mass is 79.9. The van der Waals surface area contributed by atoms with Crippen LogP contribution < -0.4 is 10.7 Å². The van der Waals surface area contributed by atoms with E-state index >= 15 is 0 Å². The summed E-state index contributed by atoms with van der Waals surface area (Å²) >= 11 is 3.31. The number of hydrogen-bond acceptors (Lipinski definition) is 3. The summed E-state index contributed by atoms with van der Waals surface area (Å²) in [4.78, 5) is 23.4. The topological polar surface area (TPSA) is 70.6 Å². The predicted molar refractivity (Wildman–Crippen MR) is 94.1 cm³/mol. The van der Waals surface area contributed by atoms with E-state index in [0.29, 0.717) is 11.3 Å². The molecule has 0 radical (unpaired) electrons. The van der Waals surface area contributed by atoms with E-state index in [9.17, 15) is 14.0 Å². The molecule has 0 atom stereocenters. The third kappa shape index (κ3) is 6.29. The van der Waals surface area contributed by atoms with Crippen LogP contribution in [0, 0.1) is 5.82 Å². The van der Waals surface area contributed by atoms with Gasteiger partial charge in [-0.15, -0.1) is 0 Å². The van der Waals surface area contributed by atoms with Gasteiger partial charge in [0, 0.05) is 23.0 Å². The zero-order valence-electron chi connectivity index (χ0n) is 12.6. The first-order valence-corrected chi connectivity index (χ1v) is 7.95. The summed E-state index contributed by atoms with van der Waals surface area (Å²) in [6.45, 7) is 0. The Kier molecular flexibility index (Phi) is 6.62. The van der Waals surface area contributed by atoms with Crippen LogP contribution in [0.15, 0.2) is 58.1 Å². The van der Waals surface area contributed by atoms with Crippen LogP contribution >= 0.6 is 15.9 Å². The third-order valence-corrected chi connectivity index (χ3v) is 3.45. The molecule has 5 nitrogen and oxygen atoms in total. The molecule has 0 spiro atoms. The highest BCUT2D eigenvalue weighted by Crippen LogP contribution is 2.15.